The summed E-state index contributed by atoms with van der Waals surface area (Å²) in [6, 6.07) is 5.95. The van der Waals surface area contributed by atoms with Crippen LogP contribution >= 0.6 is 15.9 Å². The fourth-order valence-corrected chi connectivity index (χ4v) is 3.26. The van der Waals surface area contributed by atoms with Crippen molar-refractivity contribution >= 4 is 27.0 Å². The lowest BCUT2D eigenvalue weighted by molar-refractivity contribution is 0.557. The Bertz CT molecular complexity index is 846. The molecule has 0 radical (unpaired) electrons. The molecule has 1 atom stereocenters. The van der Waals surface area contributed by atoms with Gasteiger partial charge < -0.3 is 9.73 Å². The summed E-state index contributed by atoms with van der Waals surface area (Å²) in [6.07, 6.45) is 3.38. The van der Waals surface area contributed by atoms with Crippen LogP contribution in [0.15, 0.2) is 44.4 Å². The minimum Gasteiger partial charge on any atom is -0.472 e. The number of aromatic nitrogens is 2. The van der Waals surface area contributed by atoms with E-state index in [-0.39, 0.29) is 11.7 Å². The fraction of sp³-hybridized carbons (Fsp3) is 0.267. The minimum absolute atomic E-state index is 0.00201. The van der Waals surface area contributed by atoms with E-state index >= 15 is 0 Å². The first kappa shape index (κ1) is 14.2. The van der Waals surface area contributed by atoms with E-state index in [0.29, 0.717) is 0 Å². The third-order valence-corrected chi connectivity index (χ3v) is 4.55. The molecule has 1 aromatic carbocycles. The molecule has 2 heterocycles. The number of benzene rings is 1. The maximum atomic E-state index is 12.1. The van der Waals surface area contributed by atoms with Gasteiger partial charge in [-0.25, -0.2) is 4.79 Å². The van der Waals surface area contributed by atoms with Crippen LogP contribution in [0.4, 0.5) is 0 Å². The average molecular weight is 350 g/mol. The highest BCUT2D eigenvalue weighted by Crippen LogP contribution is 2.32. The molecule has 3 aromatic rings. The zero-order valence-electron chi connectivity index (χ0n) is 12.1. The largest absolute Gasteiger partial charge is 0.472 e. The highest BCUT2D eigenvalue weighted by atomic mass is 79.9. The van der Waals surface area contributed by atoms with E-state index in [9.17, 15) is 4.79 Å². The van der Waals surface area contributed by atoms with Crippen LogP contribution in [0, 0.1) is 0 Å². The van der Waals surface area contributed by atoms with Crippen LogP contribution in [0.2, 0.25) is 0 Å². The van der Waals surface area contributed by atoms with E-state index < -0.39 is 0 Å². The molecular weight excluding hydrogens is 334 g/mol. The SMILES string of the molecule is CNC(c1ccoc1)c1cc2c(cc1Br)n(C)c(=O)n2C. The molecule has 0 saturated carbocycles. The third kappa shape index (κ3) is 2.15. The van der Waals surface area contributed by atoms with Crippen LogP contribution in [0.25, 0.3) is 11.0 Å². The Kier molecular flexibility index (Phi) is 3.51. The normalized spacial score (nSPS) is 13.0. The van der Waals surface area contributed by atoms with Crippen LogP contribution in [0.5, 0.6) is 0 Å². The number of nitrogens with one attached hydrogen (secondary N) is 1. The van der Waals surface area contributed by atoms with Crippen LogP contribution in [-0.2, 0) is 14.1 Å². The summed E-state index contributed by atoms with van der Waals surface area (Å²) < 4.78 is 9.44. The highest BCUT2D eigenvalue weighted by Gasteiger charge is 2.19. The molecule has 3 rings (SSSR count). The van der Waals surface area contributed by atoms with Crippen molar-refractivity contribution in [3.05, 3.63) is 56.8 Å². The Hall–Kier alpha value is -1.79. The molecule has 0 fully saturated rings. The van der Waals surface area contributed by atoms with Gasteiger partial charge in [0.05, 0.1) is 29.6 Å². The molecule has 21 heavy (non-hydrogen) atoms. The molecule has 0 spiro atoms. The molecule has 1 unspecified atom stereocenters. The monoisotopic (exact) mass is 349 g/mol. The molecular formula is C15H16BrN3O2. The number of aryl methyl sites for hydroxylation is 2. The molecule has 0 aliphatic carbocycles. The molecule has 0 bridgehead atoms. The van der Waals surface area contributed by atoms with Crippen LogP contribution in [0.3, 0.4) is 0 Å². The highest BCUT2D eigenvalue weighted by molar-refractivity contribution is 9.10. The average Bonchev–Trinajstić information content (AvgIpc) is 3.06. The molecule has 0 aliphatic heterocycles. The van der Waals surface area contributed by atoms with Gasteiger partial charge in [-0.05, 0) is 30.8 Å². The van der Waals surface area contributed by atoms with Crippen LogP contribution in [-0.4, -0.2) is 16.2 Å². The summed E-state index contributed by atoms with van der Waals surface area (Å²) in [5.74, 6) is 0. The van der Waals surface area contributed by atoms with Crippen molar-refractivity contribution < 1.29 is 4.42 Å². The topological polar surface area (TPSA) is 52.1 Å². The number of halogens is 1. The lowest BCUT2D eigenvalue weighted by atomic mass is 10.0. The summed E-state index contributed by atoms with van der Waals surface area (Å²) in [7, 11) is 5.47. The van der Waals surface area contributed by atoms with Gasteiger partial charge in [0, 0.05) is 24.1 Å². The number of rotatable bonds is 3. The lowest BCUT2D eigenvalue weighted by Crippen LogP contribution is -2.19. The number of hydrogen-bond acceptors (Lipinski definition) is 3. The van der Waals surface area contributed by atoms with Gasteiger partial charge in [-0.15, -0.1) is 0 Å². The first-order chi connectivity index (χ1) is 10.0. The van der Waals surface area contributed by atoms with E-state index in [4.69, 9.17) is 4.42 Å². The number of nitrogens with zero attached hydrogens (tertiary/aromatic N) is 2. The second kappa shape index (κ2) is 5.20. The van der Waals surface area contributed by atoms with Crippen molar-refractivity contribution in [3.63, 3.8) is 0 Å². The van der Waals surface area contributed by atoms with Crippen molar-refractivity contribution in [3.8, 4) is 0 Å². The molecule has 0 saturated heterocycles. The van der Waals surface area contributed by atoms with Crippen molar-refractivity contribution in [2.45, 2.75) is 6.04 Å². The van der Waals surface area contributed by atoms with Crippen molar-refractivity contribution in [2.24, 2.45) is 14.1 Å². The molecule has 0 amide bonds. The van der Waals surface area contributed by atoms with E-state index in [1.807, 2.05) is 25.2 Å². The molecule has 0 aliphatic rings. The summed E-state index contributed by atoms with van der Waals surface area (Å²) in [5, 5.41) is 3.28. The molecule has 6 heteroatoms. The van der Waals surface area contributed by atoms with Gasteiger partial charge in [-0.1, -0.05) is 15.9 Å². The van der Waals surface area contributed by atoms with Gasteiger partial charge >= 0.3 is 5.69 Å². The predicted octanol–water partition coefficient (Wildman–Crippen LogP) is 2.54. The second-order valence-electron chi connectivity index (χ2n) is 5.04. The van der Waals surface area contributed by atoms with Crippen LogP contribution < -0.4 is 11.0 Å². The molecule has 110 valence electrons. The van der Waals surface area contributed by atoms with Gasteiger partial charge in [0.15, 0.2) is 0 Å². The number of hydrogen-bond donors (Lipinski definition) is 1. The first-order valence-corrected chi connectivity index (χ1v) is 7.38. The van der Waals surface area contributed by atoms with Crippen molar-refractivity contribution in [1.29, 1.82) is 0 Å². The predicted molar refractivity (Wildman–Crippen MR) is 85.5 cm³/mol. The summed E-state index contributed by atoms with van der Waals surface area (Å²) >= 11 is 3.62. The van der Waals surface area contributed by atoms with E-state index in [2.05, 4.69) is 21.2 Å². The maximum absolute atomic E-state index is 12.1. The Labute approximate surface area is 130 Å². The van der Waals surface area contributed by atoms with E-state index in [1.54, 1.807) is 35.8 Å². The number of fused-ring (bicyclic) bond motifs is 1. The van der Waals surface area contributed by atoms with Crippen molar-refractivity contribution in [2.75, 3.05) is 7.05 Å². The quantitative estimate of drug-likeness (QED) is 0.790. The second-order valence-corrected chi connectivity index (χ2v) is 5.90. The van der Waals surface area contributed by atoms with Crippen molar-refractivity contribution in [1.82, 2.24) is 14.5 Å². The Morgan fingerprint density at radius 1 is 1.24 bits per heavy atom. The van der Waals surface area contributed by atoms with Gasteiger partial charge in [-0.2, -0.15) is 0 Å². The smallest absolute Gasteiger partial charge is 0.328 e. The fourth-order valence-electron chi connectivity index (χ4n) is 2.70. The standard InChI is InChI=1S/C15H16BrN3O2/c1-17-14(9-4-5-21-8-9)10-6-12-13(7-11(10)16)19(3)15(20)18(12)2/h4-8,14,17H,1-3H3. The minimum atomic E-state index is -0.0293. The van der Waals surface area contributed by atoms with Gasteiger partial charge in [-0.3, -0.25) is 9.13 Å². The number of furan rings is 1. The summed E-state index contributed by atoms with van der Waals surface area (Å²) in [4.78, 5) is 12.1. The molecule has 1 N–H and O–H groups in total. The van der Waals surface area contributed by atoms with E-state index in [1.165, 1.54) is 0 Å². The first-order valence-electron chi connectivity index (χ1n) is 6.58. The van der Waals surface area contributed by atoms with Gasteiger partial charge in [0.1, 0.15) is 0 Å². The maximum Gasteiger partial charge on any atom is 0.328 e. The Morgan fingerprint density at radius 2 is 1.90 bits per heavy atom. The Morgan fingerprint density at radius 3 is 2.48 bits per heavy atom. The molecule has 2 aromatic heterocycles. The third-order valence-electron chi connectivity index (χ3n) is 3.87. The Balaban J connectivity index is 2.26. The van der Waals surface area contributed by atoms with Gasteiger partial charge in [0.2, 0.25) is 0 Å². The number of imidazole rings is 1. The summed E-state index contributed by atoms with van der Waals surface area (Å²) in [5.41, 5.74) is 3.88. The lowest BCUT2D eigenvalue weighted by Gasteiger charge is -2.17. The summed E-state index contributed by atoms with van der Waals surface area (Å²) in [6.45, 7) is 0. The van der Waals surface area contributed by atoms with Crippen LogP contribution in [0.1, 0.15) is 17.2 Å². The zero-order chi connectivity index (χ0) is 15.1. The zero-order valence-corrected chi connectivity index (χ0v) is 13.6. The molecule has 5 nitrogen and oxygen atoms in total. The van der Waals surface area contributed by atoms with Gasteiger partial charge in [0.25, 0.3) is 0 Å². The van der Waals surface area contributed by atoms with E-state index in [0.717, 1.165) is 26.6 Å².